The summed E-state index contributed by atoms with van der Waals surface area (Å²) in [7, 11) is 0. The van der Waals surface area contributed by atoms with E-state index in [1.165, 1.54) is 31.2 Å². The summed E-state index contributed by atoms with van der Waals surface area (Å²) in [6.07, 6.45) is -12.0. The number of aliphatic hydroxyl groups is 5. The predicted molar refractivity (Wildman–Crippen MR) is 156 cm³/mol. The number of aromatic hydroxyl groups is 3. The molecule has 0 amide bonds. The molecule has 3 heterocycles. The van der Waals surface area contributed by atoms with Crippen molar-refractivity contribution in [3.05, 3.63) is 57.8 Å². The highest BCUT2D eigenvalue weighted by Crippen LogP contribution is 2.40. The van der Waals surface area contributed by atoms with E-state index >= 15 is 0 Å². The number of allylic oxidation sites excluding steroid dienone is 2. The zero-order valence-corrected chi connectivity index (χ0v) is 24.6. The summed E-state index contributed by atoms with van der Waals surface area (Å²) in [5.74, 6) is -1.72. The Labute approximate surface area is 256 Å². The first-order valence-corrected chi connectivity index (χ1v) is 14.2. The van der Waals surface area contributed by atoms with Crippen molar-refractivity contribution in [2.45, 2.75) is 82.5 Å². The Kier molecular flexibility index (Phi) is 9.39. The molecule has 14 nitrogen and oxygen atoms in total. The van der Waals surface area contributed by atoms with Gasteiger partial charge in [0.2, 0.25) is 17.5 Å². The van der Waals surface area contributed by atoms with Gasteiger partial charge in [0.25, 0.3) is 0 Å². The molecule has 3 aromatic rings. The van der Waals surface area contributed by atoms with Crippen LogP contribution in [0, 0.1) is 0 Å². The summed E-state index contributed by atoms with van der Waals surface area (Å²) in [6, 6.07) is 6.53. The molecule has 2 aliphatic heterocycles. The molecule has 0 spiro atoms. The molecular formula is C31H36O14. The van der Waals surface area contributed by atoms with Gasteiger partial charge in [-0.25, -0.2) is 0 Å². The number of aliphatic hydroxyl groups excluding tert-OH is 5. The fourth-order valence-electron chi connectivity index (χ4n) is 5.19. The van der Waals surface area contributed by atoms with Crippen LogP contribution in [-0.4, -0.2) is 103 Å². The molecule has 0 aliphatic carbocycles. The summed E-state index contributed by atoms with van der Waals surface area (Å²) >= 11 is 0. The standard InChI is InChI=1S/C31H36O14/c1-12(2)4-9-16-17(33)10-18(34)20-23(38)28(26(43-27(16)20)14-5-7-15(32)8-6-14)44-31-29(22(37)19(35)11-41-31)45-30-25(40)24(39)21(36)13(3)42-30/h4-8,10,13,19,21-22,24-25,29-37,39-40H,9,11H2,1-3H3/t13-,19-,21+,22+,24-,25-,29+,30+,31+/m1/s1. The Balaban J connectivity index is 1.63. The van der Waals surface area contributed by atoms with E-state index in [-0.39, 0.29) is 45.8 Å². The fraction of sp³-hybridized carbons (Fsp3) is 0.452. The minimum Gasteiger partial charge on any atom is -0.508 e. The molecule has 0 bridgehead atoms. The number of ether oxygens (including phenoxy) is 4. The van der Waals surface area contributed by atoms with E-state index in [9.17, 15) is 45.6 Å². The van der Waals surface area contributed by atoms with Gasteiger partial charge in [-0.3, -0.25) is 4.79 Å². The van der Waals surface area contributed by atoms with Crippen molar-refractivity contribution in [2.24, 2.45) is 0 Å². The first-order valence-electron chi connectivity index (χ1n) is 14.2. The van der Waals surface area contributed by atoms with Crippen LogP contribution in [0.3, 0.4) is 0 Å². The molecule has 2 saturated heterocycles. The molecule has 9 atom stereocenters. The van der Waals surface area contributed by atoms with Crippen molar-refractivity contribution in [3.63, 3.8) is 0 Å². The number of rotatable bonds is 7. The minimum atomic E-state index is -1.77. The first kappa shape index (κ1) is 32.7. The summed E-state index contributed by atoms with van der Waals surface area (Å²) in [5, 5.41) is 83.0. The Hall–Kier alpha value is -3.73. The molecule has 8 N–H and O–H groups in total. The molecule has 45 heavy (non-hydrogen) atoms. The van der Waals surface area contributed by atoms with Crippen molar-refractivity contribution in [1.29, 1.82) is 0 Å². The SMILES string of the molecule is CC(C)=CCc1c(O)cc(O)c2c(=O)c(O[C@@H]3OC[C@@H](O)[C@H](O)[C@@H]3O[C@@H]3O[C@H](C)[C@H](O)[C@@H](O)[C@H]3O)c(-c3ccc(O)cc3)oc12. The van der Waals surface area contributed by atoms with Gasteiger partial charge in [-0.15, -0.1) is 0 Å². The molecule has 14 heteroatoms. The minimum absolute atomic E-state index is 0.0855. The van der Waals surface area contributed by atoms with Crippen LogP contribution in [0.2, 0.25) is 0 Å². The molecule has 0 saturated carbocycles. The van der Waals surface area contributed by atoms with Crippen LogP contribution >= 0.6 is 0 Å². The topological polar surface area (TPSA) is 229 Å². The van der Waals surface area contributed by atoms with Gasteiger partial charge in [-0.2, -0.15) is 0 Å². The number of fused-ring (bicyclic) bond motifs is 1. The lowest BCUT2D eigenvalue weighted by Gasteiger charge is -2.43. The maximum atomic E-state index is 14.1. The molecule has 1 aromatic heterocycles. The van der Waals surface area contributed by atoms with Crippen LogP contribution < -0.4 is 10.2 Å². The normalized spacial score (nSPS) is 30.3. The van der Waals surface area contributed by atoms with E-state index < -0.39 is 78.8 Å². The predicted octanol–water partition coefficient (Wildman–Crippen LogP) is 0.755. The number of benzene rings is 2. The van der Waals surface area contributed by atoms with Gasteiger partial charge < -0.3 is 64.2 Å². The number of phenolic OH excluding ortho intramolecular Hbond substituents is 3. The lowest BCUT2D eigenvalue weighted by molar-refractivity contribution is -0.344. The van der Waals surface area contributed by atoms with Gasteiger partial charge in [-0.1, -0.05) is 11.6 Å². The Bertz CT molecular complexity index is 1610. The highest BCUT2D eigenvalue weighted by Gasteiger charge is 2.48. The zero-order chi connectivity index (χ0) is 32.7. The van der Waals surface area contributed by atoms with Crippen LogP contribution in [-0.2, 0) is 20.6 Å². The summed E-state index contributed by atoms with van der Waals surface area (Å²) < 4.78 is 29.0. The maximum absolute atomic E-state index is 14.1. The first-order chi connectivity index (χ1) is 21.3. The summed E-state index contributed by atoms with van der Waals surface area (Å²) in [6.45, 7) is 4.65. The molecule has 2 aromatic carbocycles. The second-order valence-electron chi connectivity index (χ2n) is 11.4. The van der Waals surface area contributed by atoms with Crippen molar-refractivity contribution in [1.82, 2.24) is 0 Å². The van der Waals surface area contributed by atoms with Gasteiger partial charge in [0.05, 0.1) is 12.7 Å². The summed E-state index contributed by atoms with van der Waals surface area (Å²) in [4.78, 5) is 14.1. The largest absolute Gasteiger partial charge is 0.508 e. The van der Waals surface area contributed by atoms with Crippen LogP contribution in [0.5, 0.6) is 23.0 Å². The van der Waals surface area contributed by atoms with Crippen LogP contribution in [0.15, 0.2) is 51.2 Å². The van der Waals surface area contributed by atoms with Gasteiger partial charge in [0.15, 0.2) is 18.2 Å². The van der Waals surface area contributed by atoms with E-state index in [4.69, 9.17) is 23.4 Å². The second kappa shape index (κ2) is 12.9. The molecule has 5 rings (SSSR count). The smallest absolute Gasteiger partial charge is 0.239 e. The van der Waals surface area contributed by atoms with Gasteiger partial charge in [-0.05, 0) is 51.5 Å². The van der Waals surface area contributed by atoms with Crippen LogP contribution in [0.4, 0.5) is 0 Å². The molecule has 2 fully saturated rings. The zero-order valence-electron chi connectivity index (χ0n) is 24.6. The number of hydrogen-bond donors (Lipinski definition) is 8. The fourth-order valence-corrected chi connectivity index (χ4v) is 5.19. The third-order valence-corrected chi connectivity index (χ3v) is 7.79. The van der Waals surface area contributed by atoms with Crippen LogP contribution in [0.1, 0.15) is 26.3 Å². The van der Waals surface area contributed by atoms with Gasteiger partial charge in [0, 0.05) is 17.2 Å². The molecule has 0 unspecified atom stereocenters. The van der Waals surface area contributed by atoms with E-state index in [1.807, 2.05) is 13.8 Å². The highest BCUT2D eigenvalue weighted by molar-refractivity contribution is 5.91. The summed E-state index contributed by atoms with van der Waals surface area (Å²) in [5.41, 5.74) is 0.350. The third-order valence-electron chi connectivity index (χ3n) is 7.79. The number of phenols is 3. The van der Waals surface area contributed by atoms with E-state index in [1.54, 1.807) is 6.08 Å². The molecule has 0 radical (unpaired) electrons. The van der Waals surface area contributed by atoms with E-state index in [0.717, 1.165) is 11.6 Å². The second-order valence-corrected chi connectivity index (χ2v) is 11.4. The molecule has 2 aliphatic rings. The maximum Gasteiger partial charge on any atom is 0.239 e. The van der Waals surface area contributed by atoms with E-state index in [0.29, 0.717) is 0 Å². The van der Waals surface area contributed by atoms with Crippen molar-refractivity contribution < 1.29 is 64.2 Å². The quantitative estimate of drug-likeness (QED) is 0.168. The van der Waals surface area contributed by atoms with Crippen molar-refractivity contribution in [2.75, 3.05) is 6.61 Å². The third kappa shape index (κ3) is 6.36. The van der Waals surface area contributed by atoms with E-state index in [2.05, 4.69) is 0 Å². The Morgan fingerprint density at radius 3 is 2.29 bits per heavy atom. The molecular weight excluding hydrogens is 596 g/mol. The Morgan fingerprint density at radius 2 is 1.62 bits per heavy atom. The van der Waals surface area contributed by atoms with Crippen LogP contribution in [0.25, 0.3) is 22.3 Å². The van der Waals surface area contributed by atoms with Crippen molar-refractivity contribution in [3.8, 4) is 34.3 Å². The van der Waals surface area contributed by atoms with Gasteiger partial charge >= 0.3 is 0 Å². The highest BCUT2D eigenvalue weighted by atomic mass is 16.8. The Morgan fingerprint density at radius 1 is 0.933 bits per heavy atom. The lowest BCUT2D eigenvalue weighted by Crippen LogP contribution is -2.62. The molecule has 244 valence electrons. The average molecular weight is 633 g/mol. The van der Waals surface area contributed by atoms with Gasteiger partial charge in [0.1, 0.15) is 58.7 Å². The monoisotopic (exact) mass is 632 g/mol. The lowest BCUT2D eigenvalue weighted by atomic mass is 9.99. The number of hydrogen-bond acceptors (Lipinski definition) is 14. The average Bonchev–Trinajstić information content (AvgIpc) is 2.99. The van der Waals surface area contributed by atoms with Crippen molar-refractivity contribution >= 4 is 11.0 Å².